The molecule has 4 nitrogen and oxygen atoms in total. The van der Waals surface area contributed by atoms with Crippen LogP contribution in [-0.2, 0) is 17.5 Å². The van der Waals surface area contributed by atoms with Gasteiger partial charge in [0.25, 0.3) is 0 Å². The number of nitrogens with zero attached hydrogens (tertiary/aromatic N) is 2. The number of aromatic nitrogens is 2. The van der Waals surface area contributed by atoms with Crippen molar-refractivity contribution in [3.05, 3.63) is 76.9 Å². The van der Waals surface area contributed by atoms with Crippen LogP contribution in [0.4, 0.5) is 13.2 Å². The Morgan fingerprint density at radius 1 is 1.03 bits per heavy atom. The van der Waals surface area contributed by atoms with Gasteiger partial charge in [-0.2, -0.15) is 13.2 Å². The molecule has 2 aromatic carbocycles. The van der Waals surface area contributed by atoms with Crippen molar-refractivity contribution < 1.29 is 18.0 Å². The maximum Gasteiger partial charge on any atom is 0.433 e. The summed E-state index contributed by atoms with van der Waals surface area (Å²) in [5.41, 5.74) is 0.435. The van der Waals surface area contributed by atoms with Crippen molar-refractivity contribution in [1.29, 1.82) is 0 Å². The maximum absolute atomic E-state index is 13.2. The molecular weight excluding hydrogens is 423 g/mol. The molecule has 3 aromatic rings. The highest BCUT2D eigenvalue weighted by Gasteiger charge is 2.34. The van der Waals surface area contributed by atoms with Crippen LogP contribution in [0.25, 0.3) is 11.3 Å². The van der Waals surface area contributed by atoms with Crippen LogP contribution < -0.4 is 5.32 Å². The van der Waals surface area contributed by atoms with E-state index in [-0.39, 0.29) is 22.5 Å². The smallest absolute Gasteiger partial charge is 0.351 e. The van der Waals surface area contributed by atoms with E-state index < -0.39 is 11.9 Å². The van der Waals surface area contributed by atoms with Crippen molar-refractivity contribution >= 4 is 29.3 Å². The molecular formula is C20H15ClF3N3OS. The third kappa shape index (κ3) is 6.20. The van der Waals surface area contributed by atoms with Gasteiger partial charge >= 0.3 is 6.18 Å². The van der Waals surface area contributed by atoms with Crippen molar-refractivity contribution in [2.45, 2.75) is 17.9 Å². The minimum absolute atomic E-state index is 0.103. The lowest BCUT2D eigenvalue weighted by atomic mass is 10.1. The fourth-order valence-corrected chi connectivity index (χ4v) is 3.20. The van der Waals surface area contributed by atoms with Crippen LogP contribution in [-0.4, -0.2) is 21.6 Å². The predicted octanol–water partition coefficient (Wildman–Crippen LogP) is 5.22. The number of nitrogens with one attached hydrogen (secondary N) is 1. The number of halogens is 4. The zero-order chi connectivity index (χ0) is 20.9. The van der Waals surface area contributed by atoms with Crippen molar-refractivity contribution in [3.8, 4) is 11.3 Å². The van der Waals surface area contributed by atoms with Crippen LogP contribution >= 0.6 is 23.4 Å². The Balaban J connectivity index is 1.73. The Labute approximate surface area is 174 Å². The molecule has 0 unspecified atom stereocenters. The summed E-state index contributed by atoms with van der Waals surface area (Å²) in [5, 5.41) is 3.05. The van der Waals surface area contributed by atoms with Gasteiger partial charge in [0.15, 0.2) is 5.16 Å². The quantitative estimate of drug-likeness (QED) is 0.424. The van der Waals surface area contributed by atoms with Crippen LogP contribution in [0.1, 0.15) is 11.3 Å². The van der Waals surface area contributed by atoms with Crippen molar-refractivity contribution in [2.24, 2.45) is 0 Å². The molecule has 0 aliphatic heterocycles. The molecule has 150 valence electrons. The molecule has 1 N–H and O–H groups in total. The van der Waals surface area contributed by atoms with Crippen LogP contribution in [0, 0.1) is 0 Å². The van der Waals surface area contributed by atoms with Crippen molar-refractivity contribution in [1.82, 2.24) is 15.3 Å². The second kappa shape index (κ2) is 9.28. The van der Waals surface area contributed by atoms with Crippen LogP contribution in [0.15, 0.2) is 65.8 Å². The molecule has 0 aliphatic rings. The van der Waals surface area contributed by atoms with E-state index in [9.17, 15) is 18.0 Å². The average Bonchev–Trinajstić information content (AvgIpc) is 2.71. The van der Waals surface area contributed by atoms with E-state index in [0.717, 1.165) is 23.4 Å². The highest BCUT2D eigenvalue weighted by Crippen LogP contribution is 2.32. The molecule has 0 saturated heterocycles. The van der Waals surface area contributed by atoms with Gasteiger partial charge in [0.2, 0.25) is 5.91 Å². The SMILES string of the molecule is O=C(CSc1nc(-c2ccc(Cl)cc2)cc(C(F)(F)F)n1)NCc1ccccc1. The van der Waals surface area contributed by atoms with E-state index in [1.54, 1.807) is 24.3 Å². The minimum atomic E-state index is -4.63. The Hall–Kier alpha value is -2.58. The summed E-state index contributed by atoms with van der Waals surface area (Å²) in [6.45, 7) is 0.333. The summed E-state index contributed by atoms with van der Waals surface area (Å²) in [6, 6.07) is 16.5. The van der Waals surface area contributed by atoms with E-state index in [1.807, 2.05) is 30.3 Å². The van der Waals surface area contributed by atoms with E-state index in [0.29, 0.717) is 17.1 Å². The highest BCUT2D eigenvalue weighted by molar-refractivity contribution is 7.99. The zero-order valence-electron chi connectivity index (χ0n) is 14.9. The van der Waals surface area contributed by atoms with E-state index >= 15 is 0 Å². The van der Waals surface area contributed by atoms with Gasteiger partial charge in [0, 0.05) is 17.1 Å². The van der Waals surface area contributed by atoms with E-state index in [2.05, 4.69) is 15.3 Å². The summed E-state index contributed by atoms with van der Waals surface area (Å²) in [7, 11) is 0. The normalized spacial score (nSPS) is 11.3. The van der Waals surface area contributed by atoms with Gasteiger partial charge in [0.05, 0.1) is 11.4 Å². The minimum Gasteiger partial charge on any atom is -0.351 e. The van der Waals surface area contributed by atoms with Crippen molar-refractivity contribution in [2.75, 3.05) is 5.75 Å². The van der Waals surface area contributed by atoms with E-state index in [1.165, 1.54) is 0 Å². The lowest BCUT2D eigenvalue weighted by Crippen LogP contribution is -2.24. The third-order valence-electron chi connectivity index (χ3n) is 3.80. The van der Waals surface area contributed by atoms with Gasteiger partial charge in [-0.15, -0.1) is 0 Å². The predicted molar refractivity (Wildman–Crippen MR) is 106 cm³/mol. The standard InChI is InChI=1S/C20H15ClF3N3OS/c21-15-8-6-14(7-9-15)16-10-17(20(22,23)24)27-19(26-16)29-12-18(28)25-11-13-4-2-1-3-5-13/h1-10H,11-12H2,(H,25,28). The number of hydrogen-bond donors (Lipinski definition) is 1. The molecule has 1 amide bonds. The van der Waals surface area contributed by atoms with Crippen molar-refractivity contribution in [3.63, 3.8) is 0 Å². The summed E-state index contributed by atoms with van der Waals surface area (Å²) < 4.78 is 39.7. The second-order valence-electron chi connectivity index (χ2n) is 5.98. The van der Waals surface area contributed by atoms with Gasteiger partial charge in [0.1, 0.15) is 5.69 Å². The molecule has 0 radical (unpaired) electrons. The first-order chi connectivity index (χ1) is 13.8. The first kappa shape index (κ1) is 21.1. The summed E-state index contributed by atoms with van der Waals surface area (Å²) in [4.78, 5) is 19.8. The molecule has 1 aromatic heterocycles. The monoisotopic (exact) mass is 437 g/mol. The third-order valence-corrected chi connectivity index (χ3v) is 4.90. The van der Waals surface area contributed by atoms with Gasteiger partial charge < -0.3 is 5.32 Å². The maximum atomic E-state index is 13.2. The average molecular weight is 438 g/mol. The van der Waals surface area contributed by atoms with Gasteiger partial charge in [-0.25, -0.2) is 9.97 Å². The number of carbonyl (C=O) groups excluding carboxylic acids is 1. The van der Waals surface area contributed by atoms with Gasteiger partial charge in [-0.05, 0) is 23.8 Å². The topological polar surface area (TPSA) is 54.9 Å². The van der Waals surface area contributed by atoms with Crippen LogP contribution in [0.5, 0.6) is 0 Å². The fourth-order valence-electron chi connectivity index (χ4n) is 2.38. The molecule has 0 saturated carbocycles. The Bertz CT molecular complexity index is 983. The Morgan fingerprint density at radius 2 is 1.72 bits per heavy atom. The van der Waals surface area contributed by atoms with Gasteiger partial charge in [-0.3, -0.25) is 4.79 Å². The summed E-state index contributed by atoms with van der Waals surface area (Å²) in [6.07, 6.45) is -4.63. The molecule has 29 heavy (non-hydrogen) atoms. The largest absolute Gasteiger partial charge is 0.433 e. The number of alkyl halides is 3. The Kier molecular flexibility index (Phi) is 6.76. The number of thioether (sulfide) groups is 1. The lowest BCUT2D eigenvalue weighted by molar-refractivity contribution is -0.141. The molecule has 0 spiro atoms. The number of hydrogen-bond acceptors (Lipinski definition) is 4. The number of carbonyl (C=O) groups is 1. The molecule has 0 fully saturated rings. The summed E-state index contributed by atoms with van der Waals surface area (Å²) >= 11 is 6.68. The number of amides is 1. The highest BCUT2D eigenvalue weighted by atomic mass is 35.5. The lowest BCUT2D eigenvalue weighted by Gasteiger charge is -2.11. The number of rotatable bonds is 6. The Morgan fingerprint density at radius 3 is 2.38 bits per heavy atom. The zero-order valence-corrected chi connectivity index (χ0v) is 16.5. The molecule has 1 heterocycles. The molecule has 0 bridgehead atoms. The van der Waals surface area contributed by atoms with Gasteiger partial charge in [-0.1, -0.05) is 65.8 Å². The molecule has 9 heteroatoms. The molecule has 0 atom stereocenters. The molecule has 3 rings (SSSR count). The summed E-state index contributed by atoms with van der Waals surface area (Å²) in [5.74, 6) is -0.429. The van der Waals surface area contributed by atoms with Crippen LogP contribution in [0.3, 0.4) is 0 Å². The number of benzene rings is 2. The molecule has 0 aliphatic carbocycles. The first-order valence-corrected chi connectivity index (χ1v) is 9.83. The van der Waals surface area contributed by atoms with Crippen LogP contribution in [0.2, 0.25) is 5.02 Å². The fraction of sp³-hybridized carbons (Fsp3) is 0.150. The first-order valence-electron chi connectivity index (χ1n) is 8.47. The second-order valence-corrected chi connectivity index (χ2v) is 7.36. The van der Waals surface area contributed by atoms with E-state index in [4.69, 9.17) is 11.6 Å².